The second-order valence-corrected chi connectivity index (χ2v) is 4.94. The monoisotopic (exact) mass is 274 g/mol. The van der Waals surface area contributed by atoms with Crippen LogP contribution in [0.2, 0.25) is 0 Å². The predicted molar refractivity (Wildman–Crippen MR) is 85.7 cm³/mol. The number of rotatable bonds is 1. The van der Waals surface area contributed by atoms with Gasteiger partial charge in [0.1, 0.15) is 5.82 Å². The third-order valence-corrected chi connectivity index (χ3v) is 3.56. The molecule has 0 aromatic heterocycles. The van der Waals surface area contributed by atoms with E-state index in [0.29, 0.717) is 5.56 Å². The normalized spacial score (nSPS) is 10.2. The molecule has 0 bridgehead atoms. The highest BCUT2D eigenvalue weighted by atomic mass is 19.1. The van der Waals surface area contributed by atoms with Gasteiger partial charge < -0.3 is 0 Å². The Balaban J connectivity index is 2.04. The van der Waals surface area contributed by atoms with Crippen LogP contribution >= 0.6 is 0 Å². The average molecular weight is 274 g/mol. The minimum absolute atomic E-state index is 0.248. The zero-order chi connectivity index (χ0) is 14.7. The molecule has 1 heteroatoms. The molecule has 0 radical (unpaired) electrons. The van der Waals surface area contributed by atoms with Crippen LogP contribution in [0.4, 0.5) is 4.39 Å². The van der Waals surface area contributed by atoms with Crippen molar-refractivity contribution in [3.8, 4) is 11.8 Å². The molecule has 102 valence electrons. The van der Waals surface area contributed by atoms with E-state index in [1.165, 1.54) is 0 Å². The van der Waals surface area contributed by atoms with E-state index in [4.69, 9.17) is 0 Å². The van der Waals surface area contributed by atoms with Gasteiger partial charge in [-0.05, 0) is 41.0 Å². The van der Waals surface area contributed by atoms with Crippen LogP contribution in [-0.2, 0) is 6.42 Å². The number of benzene rings is 3. The predicted octanol–water partition coefficient (Wildman–Crippen LogP) is 4.94. The fourth-order valence-corrected chi connectivity index (χ4v) is 2.35. The first-order valence-electron chi connectivity index (χ1n) is 7.06. The van der Waals surface area contributed by atoms with E-state index in [1.807, 2.05) is 43.3 Å². The van der Waals surface area contributed by atoms with E-state index in [2.05, 4.69) is 24.0 Å². The van der Waals surface area contributed by atoms with Crippen molar-refractivity contribution in [3.05, 3.63) is 83.2 Å². The summed E-state index contributed by atoms with van der Waals surface area (Å²) in [5.41, 5.74) is 2.36. The first-order chi connectivity index (χ1) is 10.3. The Kier molecular flexibility index (Phi) is 3.71. The maximum absolute atomic E-state index is 14.0. The summed E-state index contributed by atoms with van der Waals surface area (Å²) in [6.45, 7) is 2.01. The zero-order valence-corrected chi connectivity index (χ0v) is 11.9. The van der Waals surface area contributed by atoms with Crippen molar-refractivity contribution in [2.45, 2.75) is 13.3 Å². The van der Waals surface area contributed by atoms with Crippen LogP contribution in [-0.4, -0.2) is 0 Å². The quantitative estimate of drug-likeness (QED) is 0.551. The van der Waals surface area contributed by atoms with E-state index >= 15 is 0 Å². The van der Waals surface area contributed by atoms with E-state index in [0.717, 1.165) is 28.3 Å². The summed E-state index contributed by atoms with van der Waals surface area (Å²) in [7, 11) is 0. The van der Waals surface area contributed by atoms with Crippen LogP contribution in [0.1, 0.15) is 23.6 Å². The van der Waals surface area contributed by atoms with Crippen molar-refractivity contribution in [1.29, 1.82) is 0 Å². The van der Waals surface area contributed by atoms with E-state index in [9.17, 15) is 4.39 Å². The molecule has 0 aliphatic carbocycles. The topological polar surface area (TPSA) is 0 Å². The molecule has 0 fully saturated rings. The van der Waals surface area contributed by atoms with Crippen molar-refractivity contribution in [1.82, 2.24) is 0 Å². The molecule has 0 aliphatic heterocycles. The van der Waals surface area contributed by atoms with E-state index in [-0.39, 0.29) is 5.82 Å². The van der Waals surface area contributed by atoms with Crippen LogP contribution in [0.3, 0.4) is 0 Å². The maximum Gasteiger partial charge on any atom is 0.139 e. The Morgan fingerprint density at radius 1 is 0.857 bits per heavy atom. The number of halogens is 1. The molecular formula is C20H15F. The molecule has 0 nitrogen and oxygen atoms in total. The number of hydrogen-bond acceptors (Lipinski definition) is 0. The summed E-state index contributed by atoms with van der Waals surface area (Å²) in [4.78, 5) is 0. The highest BCUT2D eigenvalue weighted by Gasteiger charge is 2.01. The van der Waals surface area contributed by atoms with Crippen molar-refractivity contribution >= 4 is 10.8 Å². The molecule has 3 aromatic carbocycles. The number of hydrogen-bond donors (Lipinski definition) is 0. The Bertz CT molecular complexity index is 845. The number of fused-ring (bicyclic) bond motifs is 1. The molecule has 3 aromatic rings. The lowest BCUT2D eigenvalue weighted by atomic mass is 10.0. The molecule has 0 saturated carbocycles. The summed E-state index contributed by atoms with van der Waals surface area (Å²) in [5.74, 6) is 5.79. The first kappa shape index (κ1) is 13.4. The second-order valence-electron chi connectivity index (χ2n) is 4.94. The van der Waals surface area contributed by atoms with Gasteiger partial charge in [0.25, 0.3) is 0 Å². The third-order valence-electron chi connectivity index (χ3n) is 3.56. The molecule has 0 amide bonds. The Labute approximate surface area is 124 Å². The molecule has 0 N–H and O–H groups in total. The van der Waals surface area contributed by atoms with Gasteiger partial charge in [-0.2, -0.15) is 0 Å². The lowest BCUT2D eigenvalue weighted by molar-refractivity contribution is 0.622. The van der Waals surface area contributed by atoms with Gasteiger partial charge in [0.15, 0.2) is 0 Å². The molecule has 0 aliphatic rings. The largest absolute Gasteiger partial charge is 0.206 e. The molecule has 0 unspecified atom stereocenters. The summed E-state index contributed by atoms with van der Waals surface area (Å²) in [5, 5.41) is 2.24. The molecule has 0 heterocycles. The summed E-state index contributed by atoms with van der Waals surface area (Å²) in [6, 6.07) is 19.3. The average Bonchev–Trinajstić information content (AvgIpc) is 2.53. The smallest absolute Gasteiger partial charge is 0.139 e. The van der Waals surface area contributed by atoms with Crippen molar-refractivity contribution < 1.29 is 4.39 Å². The van der Waals surface area contributed by atoms with Gasteiger partial charge >= 0.3 is 0 Å². The Morgan fingerprint density at radius 3 is 2.43 bits per heavy atom. The van der Waals surface area contributed by atoms with E-state index < -0.39 is 0 Å². The highest BCUT2D eigenvalue weighted by Crippen LogP contribution is 2.18. The summed E-state index contributed by atoms with van der Waals surface area (Å²) in [6.07, 6.45) is 0.827. The first-order valence-corrected chi connectivity index (χ1v) is 7.06. The molecule has 21 heavy (non-hydrogen) atoms. The van der Waals surface area contributed by atoms with Gasteiger partial charge in [0.05, 0.1) is 5.56 Å². The minimum Gasteiger partial charge on any atom is -0.206 e. The zero-order valence-electron chi connectivity index (χ0n) is 11.9. The molecule has 0 atom stereocenters. The van der Waals surface area contributed by atoms with Crippen LogP contribution in [0.5, 0.6) is 0 Å². The van der Waals surface area contributed by atoms with Gasteiger partial charge in [-0.1, -0.05) is 61.2 Å². The van der Waals surface area contributed by atoms with Gasteiger partial charge in [0, 0.05) is 5.56 Å². The number of aryl methyl sites for hydroxylation is 1. The van der Waals surface area contributed by atoms with Gasteiger partial charge in [0.2, 0.25) is 0 Å². The Morgan fingerprint density at radius 2 is 1.62 bits per heavy atom. The maximum atomic E-state index is 14.0. The molecule has 0 saturated heterocycles. The van der Waals surface area contributed by atoms with Gasteiger partial charge in [-0.3, -0.25) is 0 Å². The van der Waals surface area contributed by atoms with Crippen LogP contribution in [0.15, 0.2) is 60.7 Å². The molecular weight excluding hydrogens is 259 g/mol. The fourth-order valence-electron chi connectivity index (χ4n) is 2.35. The lowest BCUT2D eigenvalue weighted by Gasteiger charge is -2.00. The molecule has 3 rings (SSSR count). The summed E-state index contributed by atoms with van der Waals surface area (Å²) < 4.78 is 14.0. The molecule has 0 spiro atoms. The lowest BCUT2D eigenvalue weighted by Crippen LogP contribution is -1.88. The van der Waals surface area contributed by atoms with Crippen molar-refractivity contribution in [2.24, 2.45) is 0 Å². The van der Waals surface area contributed by atoms with Crippen LogP contribution in [0.25, 0.3) is 10.8 Å². The third kappa shape index (κ3) is 2.80. The summed E-state index contributed by atoms with van der Waals surface area (Å²) >= 11 is 0. The van der Waals surface area contributed by atoms with Crippen LogP contribution in [0, 0.1) is 17.7 Å². The van der Waals surface area contributed by atoms with Crippen molar-refractivity contribution in [2.75, 3.05) is 0 Å². The SMILES string of the molecule is CCc1ccc(C#Cc2cccc3ccccc23)c(F)c1. The van der Waals surface area contributed by atoms with Gasteiger partial charge in [-0.15, -0.1) is 0 Å². The Hall–Kier alpha value is -2.59. The standard InChI is InChI=1S/C20H15F/c1-2-15-10-11-18(20(21)14-15)13-12-17-8-5-7-16-6-3-4-9-19(16)17/h3-11,14H,2H2,1H3. The van der Waals surface area contributed by atoms with Crippen molar-refractivity contribution in [3.63, 3.8) is 0 Å². The highest BCUT2D eigenvalue weighted by molar-refractivity contribution is 5.88. The van der Waals surface area contributed by atoms with Crippen LogP contribution < -0.4 is 0 Å². The van der Waals surface area contributed by atoms with Gasteiger partial charge in [-0.25, -0.2) is 4.39 Å². The second kappa shape index (κ2) is 5.81. The minimum atomic E-state index is -0.248. The fraction of sp³-hybridized carbons (Fsp3) is 0.100. The van der Waals surface area contributed by atoms with E-state index in [1.54, 1.807) is 12.1 Å².